The maximum absolute atomic E-state index is 12.7. The van der Waals surface area contributed by atoms with Gasteiger partial charge in [0.2, 0.25) is 15.9 Å². The molecule has 2 saturated heterocycles. The number of rotatable bonds is 4. The molecule has 1 amide bonds. The highest BCUT2D eigenvalue weighted by Gasteiger charge is 2.30. The van der Waals surface area contributed by atoms with Crippen LogP contribution in [-0.2, 0) is 19.6 Å². The van der Waals surface area contributed by atoms with Crippen LogP contribution in [0.4, 0.5) is 5.69 Å². The Balaban J connectivity index is 1.82. The minimum absolute atomic E-state index is 0.0431. The van der Waals surface area contributed by atoms with E-state index < -0.39 is 10.0 Å². The number of anilines is 1. The van der Waals surface area contributed by atoms with Gasteiger partial charge in [-0.1, -0.05) is 11.6 Å². The second kappa shape index (κ2) is 6.76. The number of amides is 1. The molecule has 2 aliphatic rings. The molecule has 1 aromatic rings. The fraction of sp³-hybridized carbons (Fsp3) is 0.533. The number of carbonyl (C=O) groups is 1. The standard InChI is InChI=1S/C15H19ClN2O4S/c16-13-4-3-12(17-15(19)11-5-8-22-10-11)9-14(13)23(20,21)18-6-1-2-7-18/h3-4,9,11H,1-2,5-8,10H2,(H,17,19). The van der Waals surface area contributed by atoms with E-state index in [0.717, 1.165) is 12.8 Å². The Morgan fingerprint density at radius 1 is 1.30 bits per heavy atom. The maximum Gasteiger partial charge on any atom is 0.244 e. The van der Waals surface area contributed by atoms with Gasteiger partial charge in [0.15, 0.2) is 0 Å². The predicted molar refractivity (Wildman–Crippen MR) is 87.0 cm³/mol. The van der Waals surface area contributed by atoms with E-state index in [9.17, 15) is 13.2 Å². The lowest BCUT2D eigenvalue weighted by Gasteiger charge is -2.17. The lowest BCUT2D eigenvalue weighted by molar-refractivity contribution is -0.119. The molecule has 8 heteroatoms. The van der Waals surface area contributed by atoms with Gasteiger partial charge in [-0.05, 0) is 37.5 Å². The van der Waals surface area contributed by atoms with Crippen molar-refractivity contribution in [1.82, 2.24) is 4.31 Å². The van der Waals surface area contributed by atoms with Crippen molar-refractivity contribution in [3.05, 3.63) is 23.2 Å². The van der Waals surface area contributed by atoms with E-state index in [0.29, 0.717) is 38.4 Å². The number of nitrogens with zero attached hydrogens (tertiary/aromatic N) is 1. The number of nitrogens with one attached hydrogen (secondary N) is 1. The Hall–Kier alpha value is -1.15. The van der Waals surface area contributed by atoms with Crippen LogP contribution in [0.1, 0.15) is 19.3 Å². The average Bonchev–Trinajstić information content (AvgIpc) is 3.22. The number of hydrogen-bond acceptors (Lipinski definition) is 4. The molecule has 0 bridgehead atoms. The van der Waals surface area contributed by atoms with Gasteiger partial charge in [-0.2, -0.15) is 4.31 Å². The van der Waals surface area contributed by atoms with Crippen molar-refractivity contribution in [3.8, 4) is 0 Å². The van der Waals surface area contributed by atoms with Gasteiger partial charge in [-0.15, -0.1) is 0 Å². The SMILES string of the molecule is O=C(Nc1ccc(Cl)c(S(=O)(=O)N2CCCC2)c1)C1CCOC1. The van der Waals surface area contributed by atoms with Gasteiger partial charge in [0.1, 0.15) is 4.90 Å². The van der Waals surface area contributed by atoms with Crippen molar-refractivity contribution < 1.29 is 17.9 Å². The van der Waals surface area contributed by atoms with Gasteiger partial charge in [-0.3, -0.25) is 4.79 Å². The summed E-state index contributed by atoms with van der Waals surface area (Å²) in [6.07, 6.45) is 2.39. The lowest BCUT2D eigenvalue weighted by atomic mass is 10.1. The molecule has 0 saturated carbocycles. The predicted octanol–water partition coefficient (Wildman–Crippen LogP) is 2.10. The molecule has 0 aromatic heterocycles. The first-order valence-corrected chi connectivity index (χ1v) is 9.48. The molecule has 0 spiro atoms. The highest BCUT2D eigenvalue weighted by atomic mass is 35.5. The zero-order valence-corrected chi connectivity index (χ0v) is 14.2. The van der Waals surface area contributed by atoms with E-state index >= 15 is 0 Å². The van der Waals surface area contributed by atoms with Crippen molar-refractivity contribution in [2.24, 2.45) is 5.92 Å². The van der Waals surface area contributed by atoms with Crippen molar-refractivity contribution >= 4 is 33.2 Å². The Labute approximate surface area is 140 Å². The summed E-state index contributed by atoms with van der Waals surface area (Å²) in [4.78, 5) is 12.2. The van der Waals surface area contributed by atoms with Crippen molar-refractivity contribution in [1.29, 1.82) is 0 Å². The lowest BCUT2D eigenvalue weighted by Crippen LogP contribution is -2.28. The largest absolute Gasteiger partial charge is 0.381 e. The molecule has 1 aromatic carbocycles. The number of ether oxygens (including phenoxy) is 1. The highest BCUT2D eigenvalue weighted by molar-refractivity contribution is 7.89. The average molecular weight is 359 g/mol. The van der Waals surface area contributed by atoms with Crippen LogP contribution < -0.4 is 5.32 Å². The first-order chi connectivity index (χ1) is 11.0. The minimum Gasteiger partial charge on any atom is -0.381 e. The highest BCUT2D eigenvalue weighted by Crippen LogP contribution is 2.30. The quantitative estimate of drug-likeness (QED) is 0.894. The first-order valence-electron chi connectivity index (χ1n) is 7.67. The van der Waals surface area contributed by atoms with E-state index in [4.69, 9.17) is 16.3 Å². The van der Waals surface area contributed by atoms with Gasteiger partial charge in [0, 0.05) is 25.4 Å². The van der Waals surface area contributed by atoms with Gasteiger partial charge < -0.3 is 10.1 Å². The van der Waals surface area contributed by atoms with Crippen LogP contribution in [-0.4, -0.2) is 44.9 Å². The van der Waals surface area contributed by atoms with E-state index in [1.165, 1.54) is 16.4 Å². The van der Waals surface area contributed by atoms with Crippen molar-refractivity contribution in [2.75, 3.05) is 31.6 Å². The molecule has 2 heterocycles. The third-order valence-electron chi connectivity index (χ3n) is 4.18. The molecule has 3 rings (SSSR count). The van der Waals surface area contributed by atoms with E-state index in [-0.39, 0.29) is 21.7 Å². The number of sulfonamides is 1. The molecular formula is C15H19ClN2O4S. The molecular weight excluding hydrogens is 340 g/mol. The second-order valence-electron chi connectivity index (χ2n) is 5.81. The van der Waals surface area contributed by atoms with Crippen molar-refractivity contribution in [3.63, 3.8) is 0 Å². The first kappa shape index (κ1) is 16.7. The number of carbonyl (C=O) groups excluding carboxylic acids is 1. The summed E-state index contributed by atoms with van der Waals surface area (Å²) in [6.45, 7) is 2.00. The van der Waals surface area contributed by atoms with Crippen LogP contribution in [0, 0.1) is 5.92 Å². The molecule has 23 heavy (non-hydrogen) atoms. The zero-order valence-electron chi connectivity index (χ0n) is 12.6. The molecule has 1 unspecified atom stereocenters. The summed E-state index contributed by atoms with van der Waals surface area (Å²) >= 11 is 6.08. The van der Waals surface area contributed by atoms with Crippen LogP contribution in [0.25, 0.3) is 0 Å². The Morgan fingerprint density at radius 2 is 2.04 bits per heavy atom. The summed E-state index contributed by atoms with van der Waals surface area (Å²) in [5.41, 5.74) is 0.434. The van der Waals surface area contributed by atoms with Crippen LogP contribution in [0.5, 0.6) is 0 Å². The summed E-state index contributed by atoms with van der Waals surface area (Å²) in [6, 6.07) is 4.55. The number of benzene rings is 1. The Kier molecular flexibility index (Phi) is 4.91. The van der Waals surface area contributed by atoms with Crippen LogP contribution >= 0.6 is 11.6 Å². The zero-order chi connectivity index (χ0) is 16.4. The van der Waals surface area contributed by atoms with Crippen LogP contribution in [0.15, 0.2) is 23.1 Å². The fourth-order valence-corrected chi connectivity index (χ4v) is 4.85. The molecule has 6 nitrogen and oxygen atoms in total. The third kappa shape index (κ3) is 3.52. The van der Waals surface area contributed by atoms with Gasteiger partial charge in [0.25, 0.3) is 0 Å². The molecule has 1 N–H and O–H groups in total. The normalized spacial score (nSPS) is 22.4. The molecule has 0 radical (unpaired) electrons. The fourth-order valence-electron chi connectivity index (χ4n) is 2.83. The van der Waals surface area contributed by atoms with E-state index in [2.05, 4.69) is 5.32 Å². The Morgan fingerprint density at radius 3 is 2.70 bits per heavy atom. The molecule has 2 fully saturated rings. The van der Waals surface area contributed by atoms with Crippen LogP contribution in [0.2, 0.25) is 5.02 Å². The van der Waals surface area contributed by atoms with Crippen molar-refractivity contribution in [2.45, 2.75) is 24.2 Å². The molecule has 126 valence electrons. The minimum atomic E-state index is -3.62. The van der Waals surface area contributed by atoms with E-state index in [1.54, 1.807) is 6.07 Å². The summed E-state index contributed by atoms with van der Waals surface area (Å²) in [7, 11) is -3.62. The second-order valence-corrected chi connectivity index (χ2v) is 8.12. The van der Waals surface area contributed by atoms with Crippen LogP contribution in [0.3, 0.4) is 0 Å². The van der Waals surface area contributed by atoms with Gasteiger partial charge >= 0.3 is 0 Å². The molecule has 2 aliphatic heterocycles. The maximum atomic E-state index is 12.7. The summed E-state index contributed by atoms with van der Waals surface area (Å²) < 4.78 is 31.9. The van der Waals surface area contributed by atoms with Gasteiger partial charge in [-0.25, -0.2) is 8.42 Å². The number of hydrogen-bond donors (Lipinski definition) is 1. The summed E-state index contributed by atoms with van der Waals surface area (Å²) in [5, 5.41) is 2.92. The number of halogens is 1. The third-order valence-corrected chi connectivity index (χ3v) is 6.56. The Bertz CT molecular complexity index is 695. The van der Waals surface area contributed by atoms with Gasteiger partial charge in [0.05, 0.1) is 17.5 Å². The smallest absolute Gasteiger partial charge is 0.244 e. The monoisotopic (exact) mass is 358 g/mol. The van der Waals surface area contributed by atoms with E-state index in [1.807, 2.05) is 0 Å². The molecule has 1 atom stereocenters. The molecule has 0 aliphatic carbocycles. The summed E-state index contributed by atoms with van der Waals surface area (Å²) in [5.74, 6) is -0.348. The topological polar surface area (TPSA) is 75.7 Å².